The van der Waals surface area contributed by atoms with Crippen molar-refractivity contribution in [3.8, 4) is 0 Å². The standard InChI is InChI=1S/C7H14NO3P/c1-10-12(9,11-2)8-6-4-3-5-7(6)8/h6-7H,3-5H2,1-2H3/t6-,7-/m1/s1. The van der Waals surface area contributed by atoms with Gasteiger partial charge in [0.1, 0.15) is 0 Å². The Kier molecular flexibility index (Phi) is 2.04. The van der Waals surface area contributed by atoms with Crippen molar-refractivity contribution in [1.82, 2.24) is 4.67 Å². The predicted molar refractivity (Wildman–Crippen MR) is 44.9 cm³/mol. The molecule has 2 fully saturated rings. The van der Waals surface area contributed by atoms with E-state index in [0.717, 1.165) is 12.8 Å². The van der Waals surface area contributed by atoms with Gasteiger partial charge in [0, 0.05) is 26.3 Å². The molecule has 0 bridgehead atoms. The number of hydrogen-bond acceptors (Lipinski definition) is 3. The second-order valence-corrected chi connectivity index (χ2v) is 5.41. The van der Waals surface area contributed by atoms with Gasteiger partial charge in [0.05, 0.1) is 0 Å². The van der Waals surface area contributed by atoms with Crippen LogP contribution in [0.3, 0.4) is 0 Å². The highest BCUT2D eigenvalue weighted by Gasteiger charge is 2.60. The number of nitrogens with zero attached hydrogens (tertiary/aromatic N) is 1. The van der Waals surface area contributed by atoms with Crippen molar-refractivity contribution >= 4 is 7.75 Å². The Labute approximate surface area is 72.4 Å². The van der Waals surface area contributed by atoms with Crippen LogP contribution in [0.15, 0.2) is 0 Å². The van der Waals surface area contributed by atoms with Gasteiger partial charge in [-0.05, 0) is 12.8 Å². The topological polar surface area (TPSA) is 38.5 Å². The first-order chi connectivity index (χ1) is 5.73. The summed E-state index contributed by atoms with van der Waals surface area (Å²) >= 11 is 0. The van der Waals surface area contributed by atoms with Crippen molar-refractivity contribution in [3.05, 3.63) is 0 Å². The quantitative estimate of drug-likeness (QED) is 0.502. The molecule has 2 aliphatic rings. The Bertz CT molecular complexity index is 215. The largest absolute Gasteiger partial charge is 0.408 e. The summed E-state index contributed by atoms with van der Waals surface area (Å²) in [5, 5.41) is 0. The number of hydrogen-bond donors (Lipinski definition) is 0. The highest BCUT2D eigenvalue weighted by atomic mass is 31.2. The molecule has 0 radical (unpaired) electrons. The van der Waals surface area contributed by atoms with Crippen LogP contribution in [0.25, 0.3) is 0 Å². The third kappa shape index (κ3) is 1.06. The minimum atomic E-state index is -2.89. The molecule has 0 amide bonds. The van der Waals surface area contributed by atoms with Gasteiger partial charge in [-0.25, -0.2) is 4.57 Å². The smallest absolute Gasteiger partial charge is 0.300 e. The normalized spacial score (nSPS) is 39.7. The molecule has 1 aliphatic carbocycles. The van der Waals surface area contributed by atoms with E-state index in [1.165, 1.54) is 20.6 Å². The zero-order chi connectivity index (χ0) is 8.77. The molecular formula is C7H14NO3P. The van der Waals surface area contributed by atoms with Gasteiger partial charge in [-0.2, -0.15) is 4.67 Å². The van der Waals surface area contributed by atoms with Crippen molar-refractivity contribution in [1.29, 1.82) is 0 Å². The Hall–Kier alpha value is 0.110. The summed E-state index contributed by atoms with van der Waals surface area (Å²) in [5.41, 5.74) is 0. The van der Waals surface area contributed by atoms with E-state index in [4.69, 9.17) is 9.05 Å². The van der Waals surface area contributed by atoms with E-state index < -0.39 is 7.75 Å². The Morgan fingerprint density at radius 3 is 2.17 bits per heavy atom. The van der Waals surface area contributed by atoms with Crippen molar-refractivity contribution in [2.75, 3.05) is 14.2 Å². The lowest BCUT2D eigenvalue weighted by Crippen LogP contribution is -2.06. The van der Waals surface area contributed by atoms with Crippen LogP contribution in [0.4, 0.5) is 0 Å². The molecule has 12 heavy (non-hydrogen) atoms. The lowest BCUT2D eigenvalue weighted by atomic mass is 10.3. The minimum absolute atomic E-state index is 0.468. The van der Waals surface area contributed by atoms with E-state index in [9.17, 15) is 4.57 Å². The fourth-order valence-corrected chi connectivity index (χ4v) is 3.86. The van der Waals surface area contributed by atoms with Gasteiger partial charge < -0.3 is 0 Å². The molecule has 1 aliphatic heterocycles. The van der Waals surface area contributed by atoms with Crippen LogP contribution in [-0.2, 0) is 13.6 Å². The average molecular weight is 191 g/mol. The van der Waals surface area contributed by atoms with Crippen molar-refractivity contribution in [3.63, 3.8) is 0 Å². The molecule has 5 heteroatoms. The Morgan fingerprint density at radius 1 is 1.25 bits per heavy atom. The molecule has 1 heterocycles. The van der Waals surface area contributed by atoms with Gasteiger partial charge in [-0.1, -0.05) is 6.42 Å². The van der Waals surface area contributed by atoms with Gasteiger partial charge >= 0.3 is 7.75 Å². The minimum Gasteiger partial charge on any atom is -0.300 e. The van der Waals surface area contributed by atoms with Crippen LogP contribution in [0.1, 0.15) is 19.3 Å². The number of fused-ring (bicyclic) bond motifs is 1. The summed E-state index contributed by atoms with van der Waals surface area (Å²) in [6.07, 6.45) is 3.53. The summed E-state index contributed by atoms with van der Waals surface area (Å²) in [6, 6.07) is 0.937. The predicted octanol–water partition coefficient (Wildman–Crippen LogP) is 1.62. The fraction of sp³-hybridized carbons (Fsp3) is 1.00. The third-order valence-corrected chi connectivity index (χ3v) is 4.86. The highest BCUT2D eigenvalue weighted by molar-refractivity contribution is 7.51. The number of piperidine rings is 1. The van der Waals surface area contributed by atoms with Gasteiger partial charge in [0.25, 0.3) is 0 Å². The first-order valence-corrected chi connectivity index (χ1v) is 5.73. The van der Waals surface area contributed by atoms with Gasteiger partial charge in [-0.15, -0.1) is 0 Å². The zero-order valence-electron chi connectivity index (χ0n) is 7.40. The maximum absolute atomic E-state index is 11.8. The molecular weight excluding hydrogens is 177 g/mol. The molecule has 0 aromatic carbocycles. The molecule has 0 unspecified atom stereocenters. The Balaban J connectivity index is 2.06. The highest BCUT2D eigenvalue weighted by Crippen LogP contribution is 2.64. The summed E-state index contributed by atoms with van der Waals surface area (Å²) in [5.74, 6) is 0. The van der Waals surface area contributed by atoms with E-state index in [0.29, 0.717) is 12.1 Å². The lowest BCUT2D eigenvalue weighted by Gasteiger charge is -2.16. The Morgan fingerprint density at radius 2 is 1.75 bits per heavy atom. The first kappa shape index (κ1) is 8.70. The fourth-order valence-electron chi connectivity index (χ4n) is 2.13. The van der Waals surface area contributed by atoms with Crippen LogP contribution in [0.2, 0.25) is 0 Å². The van der Waals surface area contributed by atoms with E-state index in [1.807, 2.05) is 4.67 Å². The van der Waals surface area contributed by atoms with Crippen molar-refractivity contribution in [2.24, 2.45) is 0 Å². The first-order valence-electron chi connectivity index (χ1n) is 4.23. The maximum atomic E-state index is 11.8. The van der Waals surface area contributed by atoms with Crippen molar-refractivity contribution < 1.29 is 13.6 Å². The van der Waals surface area contributed by atoms with Crippen LogP contribution < -0.4 is 0 Å². The molecule has 1 saturated carbocycles. The monoisotopic (exact) mass is 191 g/mol. The summed E-state index contributed by atoms with van der Waals surface area (Å²) < 4.78 is 23.5. The third-order valence-electron chi connectivity index (χ3n) is 2.78. The summed E-state index contributed by atoms with van der Waals surface area (Å²) in [4.78, 5) is 0. The van der Waals surface area contributed by atoms with Crippen LogP contribution in [0.5, 0.6) is 0 Å². The molecule has 2 atom stereocenters. The molecule has 4 nitrogen and oxygen atoms in total. The van der Waals surface area contributed by atoms with Gasteiger partial charge in [0.15, 0.2) is 0 Å². The summed E-state index contributed by atoms with van der Waals surface area (Å²) in [7, 11) is -0.000626. The molecule has 1 saturated heterocycles. The van der Waals surface area contributed by atoms with E-state index in [1.54, 1.807) is 0 Å². The molecule has 0 aromatic rings. The van der Waals surface area contributed by atoms with Crippen LogP contribution in [-0.4, -0.2) is 31.0 Å². The van der Waals surface area contributed by atoms with Crippen LogP contribution >= 0.6 is 7.75 Å². The molecule has 70 valence electrons. The molecule has 2 rings (SSSR count). The van der Waals surface area contributed by atoms with Crippen LogP contribution in [0, 0.1) is 0 Å². The second-order valence-electron chi connectivity index (χ2n) is 3.28. The molecule has 0 N–H and O–H groups in total. The average Bonchev–Trinajstić information content (AvgIpc) is 2.60. The lowest BCUT2D eigenvalue weighted by molar-refractivity contribution is 0.238. The van der Waals surface area contributed by atoms with E-state index in [2.05, 4.69) is 0 Å². The zero-order valence-corrected chi connectivity index (χ0v) is 8.29. The van der Waals surface area contributed by atoms with Gasteiger partial charge in [0.2, 0.25) is 0 Å². The van der Waals surface area contributed by atoms with E-state index in [-0.39, 0.29) is 0 Å². The van der Waals surface area contributed by atoms with Crippen molar-refractivity contribution in [2.45, 2.75) is 31.3 Å². The maximum Gasteiger partial charge on any atom is 0.408 e. The second kappa shape index (κ2) is 2.81. The van der Waals surface area contributed by atoms with Gasteiger partial charge in [-0.3, -0.25) is 9.05 Å². The SMILES string of the molecule is COP(=O)(OC)N1[C@@H]2CCC[C@H]21. The van der Waals surface area contributed by atoms with E-state index >= 15 is 0 Å². The molecule has 0 aromatic heterocycles. The molecule has 0 spiro atoms. The summed E-state index contributed by atoms with van der Waals surface area (Å²) in [6.45, 7) is 0. The number of rotatable bonds is 3.